The van der Waals surface area contributed by atoms with Gasteiger partial charge in [0, 0.05) is 0 Å². The zero-order chi connectivity index (χ0) is 14.1. The largest absolute Gasteiger partial charge is 0.465 e. The Morgan fingerprint density at radius 2 is 1.95 bits per heavy atom. The molecule has 0 aliphatic carbocycles. The third kappa shape index (κ3) is 2.16. The van der Waals surface area contributed by atoms with Gasteiger partial charge in [0.2, 0.25) is 0 Å². The lowest BCUT2D eigenvalue weighted by Gasteiger charge is -2.13. The fourth-order valence-electron chi connectivity index (χ4n) is 2.67. The molecule has 0 amide bonds. The summed E-state index contributed by atoms with van der Waals surface area (Å²) in [6.07, 6.45) is 0.892. The summed E-state index contributed by atoms with van der Waals surface area (Å²) in [5.74, 6) is -0.293. The summed E-state index contributed by atoms with van der Waals surface area (Å²) in [6, 6.07) is 14.5. The lowest BCUT2D eigenvalue weighted by Crippen LogP contribution is -2.08. The first kappa shape index (κ1) is 12.7. The molecule has 1 aliphatic rings. The van der Waals surface area contributed by atoms with Gasteiger partial charge >= 0.3 is 5.97 Å². The molecular weight excluding hydrogens is 250 g/mol. The van der Waals surface area contributed by atoms with Crippen molar-refractivity contribution in [2.75, 3.05) is 12.4 Å². The highest BCUT2D eigenvalue weighted by molar-refractivity contribution is 5.97. The maximum absolute atomic E-state index is 11.8. The molecule has 1 atom stereocenters. The number of aryl methyl sites for hydroxylation is 1. The van der Waals surface area contributed by atoms with Gasteiger partial charge in [0.15, 0.2) is 0 Å². The normalized spacial score (nSPS) is 16.4. The van der Waals surface area contributed by atoms with Crippen molar-refractivity contribution in [2.45, 2.75) is 19.4 Å². The number of benzene rings is 2. The number of fused-ring (bicyclic) bond motifs is 1. The van der Waals surface area contributed by atoms with Gasteiger partial charge in [-0.25, -0.2) is 4.79 Å². The number of esters is 1. The van der Waals surface area contributed by atoms with Crippen LogP contribution in [0.2, 0.25) is 0 Å². The van der Waals surface area contributed by atoms with Gasteiger partial charge in [0.05, 0.1) is 24.4 Å². The van der Waals surface area contributed by atoms with Crippen LogP contribution in [0, 0.1) is 6.92 Å². The molecule has 1 heterocycles. The average Bonchev–Trinajstić information content (AvgIpc) is 2.91. The fourth-order valence-corrected chi connectivity index (χ4v) is 2.67. The zero-order valence-corrected chi connectivity index (χ0v) is 11.6. The molecule has 0 aromatic heterocycles. The first-order chi connectivity index (χ1) is 9.69. The Balaban J connectivity index is 1.92. The molecule has 102 valence electrons. The summed E-state index contributed by atoms with van der Waals surface area (Å²) < 4.78 is 4.84. The molecule has 1 aliphatic heterocycles. The lowest BCUT2D eigenvalue weighted by atomic mass is 10.0. The summed E-state index contributed by atoms with van der Waals surface area (Å²) >= 11 is 0. The lowest BCUT2D eigenvalue weighted by molar-refractivity contribution is 0.0602. The molecule has 1 N–H and O–H groups in total. The summed E-state index contributed by atoms with van der Waals surface area (Å²) in [5, 5.41) is 3.45. The van der Waals surface area contributed by atoms with Crippen LogP contribution in [0.25, 0.3) is 0 Å². The quantitative estimate of drug-likeness (QED) is 0.846. The molecule has 0 unspecified atom stereocenters. The molecule has 3 heteroatoms. The molecular formula is C17H17NO2. The molecule has 2 aromatic carbocycles. The minimum absolute atomic E-state index is 0.219. The summed E-state index contributed by atoms with van der Waals surface area (Å²) in [5.41, 5.74) is 5.17. The van der Waals surface area contributed by atoms with Gasteiger partial charge < -0.3 is 10.1 Å². The van der Waals surface area contributed by atoms with Crippen LogP contribution in [0.4, 0.5) is 5.69 Å². The van der Waals surface area contributed by atoms with Gasteiger partial charge in [-0.15, -0.1) is 0 Å². The number of ether oxygens (including phenoxy) is 1. The number of methoxy groups -OCH3 is 1. The van der Waals surface area contributed by atoms with Crippen LogP contribution in [0.1, 0.15) is 33.1 Å². The van der Waals surface area contributed by atoms with Crippen molar-refractivity contribution in [1.82, 2.24) is 0 Å². The predicted octanol–water partition coefficient (Wildman–Crippen LogP) is 3.49. The molecule has 0 radical (unpaired) electrons. The Morgan fingerprint density at radius 3 is 2.65 bits per heavy atom. The van der Waals surface area contributed by atoms with Gasteiger partial charge in [-0.1, -0.05) is 42.0 Å². The smallest absolute Gasteiger partial charge is 0.339 e. The van der Waals surface area contributed by atoms with E-state index in [1.54, 1.807) is 6.07 Å². The van der Waals surface area contributed by atoms with Crippen LogP contribution in [-0.4, -0.2) is 13.1 Å². The van der Waals surface area contributed by atoms with E-state index >= 15 is 0 Å². The molecule has 0 fully saturated rings. The Hall–Kier alpha value is -2.29. The first-order valence-electron chi connectivity index (χ1n) is 6.72. The Kier molecular flexibility index (Phi) is 3.18. The number of anilines is 1. The standard InChI is InChI=1S/C17H17NO2/c1-11-6-8-12(9-7-11)15-10-13-4-3-5-14(16(13)18-15)17(19)20-2/h3-9,15,18H,10H2,1-2H3/t15-/m0/s1. The van der Waals surface area contributed by atoms with Crippen LogP contribution < -0.4 is 5.32 Å². The molecule has 3 rings (SSSR count). The summed E-state index contributed by atoms with van der Waals surface area (Å²) in [6.45, 7) is 2.08. The molecule has 0 saturated heterocycles. The second-order valence-electron chi connectivity index (χ2n) is 5.14. The van der Waals surface area contributed by atoms with Crippen molar-refractivity contribution in [3.05, 3.63) is 64.7 Å². The van der Waals surface area contributed by atoms with Gasteiger partial charge in [-0.2, -0.15) is 0 Å². The van der Waals surface area contributed by atoms with E-state index in [1.807, 2.05) is 6.07 Å². The van der Waals surface area contributed by atoms with Crippen molar-refractivity contribution in [1.29, 1.82) is 0 Å². The minimum Gasteiger partial charge on any atom is -0.465 e. The van der Waals surface area contributed by atoms with Crippen LogP contribution in [0.5, 0.6) is 0 Å². The Morgan fingerprint density at radius 1 is 1.20 bits per heavy atom. The maximum Gasteiger partial charge on any atom is 0.339 e. The van der Waals surface area contributed by atoms with Gasteiger partial charge in [-0.3, -0.25) is 0 Å². The van der Waals surface area contributed by atoms with E-state index in [2.05, 4.69) is 42.6 Å². The van der Waals surface area contributed by atoms with E-state index in [1.165, 1.54) is 23.8 Å². The topological polar surface area (TPSA) is 38.3 Å². The number of hydrogen-bond donors (Lipinski definition) is 1. The number of carbonyl (C=O) groups is 1. The van der Waals surface area contributed by atoms with Gasteiger partial charge in [0.1, 0.15) is 0 Å². The number of carbonyl (C=O) groups excluding carboxylic acids is 1. The third-order valence-electron chi connectivity index (χ3n) is 3.78. The van der Waals surface area contributed by atoms with Crippen molar-refractivity contribution < 1.29 is 9.53 Å². The molecule has 3 nitrogen and oxygen atoms in total. The summed E-state index contributed by atoms with van der Waals surface area (Å²) in [7, 11) is 1.41. The van der Waals surface area contributed by atoms with E-state index in [-0.39, 0.29) is 12.0 Å². The predicted molar refractivity (Wildman–Crippen MR) is 79.0 cm³/mol. The van der Waals surface area contributed by atoms with Gasteiger partial charge in [0.25, 0.3) is 0 Å². The van der Waals surface area contributed by atoms with E-state index in [0.29, 0.717) is 5.56 Å². The SMILES string of the molecule is COC(=O)c1cccc2c1N[C@H](c1ccc(C)cc1)C2. The van der Waals surface area contributed by atoms with E-state index < -0.39 is 0 Å². The molecule has 20 heavy (non-hydrogen) atoms. The number of hydrogen-bond acceptors (Lipinski definition) is 3. The van der Waals surface area contributed by atoms with Crippen LogP contribution >= 0.6 is 0 Å². The molecule has 0 spiro atoms. The summed E-state index contributed by atoms with van der Waals surface area (Å²) in [4.78, 5) is 11.8. The Bertz CT molecular complexity index is 647. The Labute approximate surface area is 118 Å². The zero-order valence-electron chi connectivity index (χ0n) is 11.6. The minimum atomic E-state index is -0.293. The van der Waals surface area contributed by atoms with Crippen molar-refractivity contribution in [2.24, 2.45) is 0 Å². The van der Waals surface area contributed by atoms with Crippen molar-refractivity contribution in [3.8, 4) is 0 Å². The number of para-hydroxylation sites is 1. The number of nitrogens with one attached hydrogen (secondary N) is 1. The average molecular weight is 267 g/mol. The van der Waals surface area contributed by atoms with Crippen LogP contribution in [0.3, 0.4) is 0 Å². The van der Waals surface area contributed by atoms with E-state index in [0.717, 1.165) is 12.1 Å². The number of rotatable bonds is 2. The molecule has 0 bridgehead atoms. The first-order valence-corrected chi connectivity index (χ1v) is 6.72. The van der Waals surface area contributed by atoms with E-state index in [4.69, 9.17) is 4.74 Å². The fraction of sp³-hybridized carbons (Fsp3) is 0.235. The third-order valence-corrected chi connectivity index (χ3v) is 3.78. The van der Waals surface area contributed by atoms with Crippen LogP contribution in [0.15, 0.2) is 42.5 Å². The highest BCUT2D eigenvalue weighted by Gasteiger charge is 2.26. The highest BCUT2D eigenvalue weighted by Crippen LogP contribution is 2.36. The highest BCUT2D eigenvalue weighted by atomic mass is 16.5. The van der Waals surface area contributed by atoms with Gasteiger partial charge in [-0.05, 0) is 30.5 Å². The molecule has 0 saturated carbocycles. The van der Waals surface area contributed by atoms with Crippen molar-refractivity contribution in [3.63, 3.8) is 0 Å². The second kappa shape index (κ2) is 5.00. The van der Waals surface area contributed by atoms with E-state index in [9.17, 15) is 4.79 Å². The second-order valence-corrected chi connectivity index (χ2v) is 5.14. The molecule has 2 aromatic rings. The monoisotopic (exact) mass is 267 g/mol. The van der Waals surface area contributed by atoms with Crippen molar-refractivity contribution >= 4 is 11.7 Å². The maximum atomic E-state index is 11.8. The van der Waals surface area contributed by atoms with Crippen LogP contribution in [-0.2, 0) is 11.2 Å².